The van der Waals surface area contributed by atoms with Crippen LogP contribution >= 0.6 is 24.0 Å². The summed E-state index contributed by atoms with van der Waals surface area (Å²) in [4.78, 5) is 18.6. The number of amides is 1. The molecule has 1 aromatic carbocycles. The summed E-state index contributed by atoms with van der Waals surface area (Å²) in [6.07, 6.45) is 2.99. The van der Waals surface area contributed by atoms with Gasteiger partial charge in [0.1, 0.15) is 0 Å². The second-order valence-electron chi connectivity index (χ2n) is 9.13. The van der Waals surface area contributed by atoms with Gasteiger partial charge in [-0.3, -0.25) is 14.7 Å². The molecule has 1 heterocycles. The van der Waals surface area contributed by atoms with Crippen LogP contribution in [0.5, 0.6) is 0 Å². The molecule has 4 N–H and O–H groups in total. The van der Waals surface area contributed by atoms with Crippen LogP contribution in [0.25, 0.3) is 0 Å². The Morgan fingerprint density at radius 3 is 2.44 bits per heavy atom. The second kappa shape index (κ2) is 14.7. The molecule has 1 aliphatic heterocycles. The number of halogens is 1. The van der Waals surface area contributed by atoms with Gasteiger partial charge in [-0.25, -0.2) is 0 Å². The van der Waals surface area contributed by atoms with Gasteiger partial charge in [0.2, 0.25) is 5.91 Å². The first-order valence-electron chi connectivity index (χ1n) is 11.6. The van der Waals surface area contributed by atoms with Crippen LogP contribution in [0.1, 0.15) is 58.6 Å². The lowest BCUT2D eigenvalue weighted by Gasteiger charge is -2.34. The van der Waals surface area contributed by atoms with Crippen molar-refractivity contribution in [3.8, 4) is 0 Å². The molecule has 1 aromatic rings. The van der Waals surface area contributed by atoms with Crippen molar-refractivity contribution in [3.63, 3.8) is 0 Å². The van der Waals surface area contributed by atoms with Crippen LogP contribution in [0.2, 0.25) is 0 Å². The van der Waals surface area contributed by atoms with Crippen LogP contribution in [0, 0.1) is 0 Å². The molecule has 0 aromatic heterocycles. The van der Waals surface area contributed by atoms with Crippen molar-refractivity contribution in [1.82, 2.24) is 26.2 Å². The van der Waals surface area contributed by atoms with Gasteiger partial charge >= 0.3 is 0 Å². The van der Waals surface area contributed by atoms with Gasteiger partial charge in [-0.05, 0) is 45.6 Å². The van der Waals surface area contributed by atoms with Crippen molar-refractivity contribution < 1.29 is 4.79 Å². The van der Waals surface area contributed by atoms with Gasteiger partial charge in [-0.2, -0.15) is 0 Å². The number of carbonyl (C=O) groups is 1. The molecular weight excluding hydrogens is 515 g/mol. The van der Waals surface area contributed by atoms with Crippen molar-refractivity contribution in [1.29, 1.82) is 0 Å². The van der Waals surface area contributed by atoms with Crippen molar-refractivity contribution in [2.24, 2.45) is 4.99 Å². The van der Waals surface area contributed by atoms with Gasteiger partial charge in [-0.15, -0.1) is 24.0 Å². The number of guanidine groups is 1. The number of likely N-dealkylation sites (tertiary alicyclic amines) is 1. The second-order valence-corrected chi connectivity index (χ2v) is 9.13. The number of piperidine rings is 1. The zero-order chi connectivity index (χ0) is 22.7. The molecule has 0 aliphatic carbocycles. The summed E-state index contributed by atoms with van der Waals surface area (Å²) in [5, 5.41) is 13.7. The van der Waals surface area contributed by atoms with E-state index in [9.17, 15) is 4.79 Å². The lowest BCUT2D eigenvalue weighted by atomic mass is 10.0. The van der Waals surface area contributed by atoms with Gasteiger partial charge in [0.15, 0.2) is 5.96 Å². The number of aliphatic imine (C=N–C) groups is 1. The van der Waals surface area contributed by atoms with Crippen LogP contribution < -0.4 is 21.3 Å². The van der Waals surface area contributed by atoms with Crippen LogP contribution in [-0.2, 0) is 4.79 Å². The molecule has 0 bridgehead atoms. The number of carbonyl (C=O) groups excluding carboxylic acids is 1. The number of hydrogen-bond acceptors (Lipinski definition) is 4. The SMILES string of the molecule is CCCNC(=O)CN1CCC(NC(=NC)NCC(C)(C)NC(C)c2ccccc2)CC1.I. The molecule has 1 amide bonds. The Bertz CT molecular complexity index is 689. The van der Waals surface area contributed by atoms with E-state index in [1.54, 1.807) is 0 Å². The minimum atomic E-state index is -0.0951. The standard InChI is InChI=1S/C24H42N6O.HI/c1-6-14-26-22(31)17-30-15-12-21(13-16-30)28-23(25-5)27-18-24(3,4)29-19(2)20-10-8-7-9-11-20;/h7-11,19,21,29H,6,12-18H2,1-5H3,(H,26,31)(H2,25,27,28);1H. The fraction of sp³-hybridized carbons (Fsp3) is 0.667. The molecule has 7 nitrogen and oxygen atoms in total. The van der Waals surface area contributed by atoms with Gasteiger partial charge in [-0.1, -0.05) is 37.3 Å². The van der Waals surface area contributed by atoms with E-state index in [0.29, 0.717) is 12.6 Å². The predicted octanol–water partition coefficient (Wildman–Crippen LogP) is 2.89. The number of benzene rings is 1. The van der Waals surface area contributed by atoms with E-state index >= 15 is 0 Å². The molecule has 1 aliphatic rings. The van der Waals surface area contributed by atoms with Crippen LogP contribution in [-0.4, -0.2) is 68.1 Å². The van der Waals surface area contributed by atoms with E-state index in [0.717, 1.165) is 51.4 Å². The van der Waals surface area contributed by atoms with Crippen molar-refractivity contribution >= 4 is 35.8 Å². The van der Waals surface area contributed by atoms with E-state index in [1.807, 2.05) is 13.1 Å². The summed E-state index contributed by atoms with van der Waals surface area (Å²) in [6, 6.07) is 11.2. The first kappa shape index (κ1) is 28.6. The van der Waals surface area contributed by atoms with E-state index in [1.165, 1.54) is 5.56 Å². The molecule has 0 saturated carbocycles. The lowest BCUT2D eigenvalue weighted by molar-refractivity contribution is -0.122. The lowest BCUT2D eigenvalue weighted by Crippen LogP contribution is -2.54. The zero-order valence-corrected chi connectivity index (χ0v) is 22.7. The summed E-state index contributed by atoms with van der Waals surface area (Å²) < 4.78 is 0. The average Bonchev–Trinajstić information content (AvgIpc) is 2.76. The molecule has 0 radical (unpaired) electrons. The number of rotatable bonds is 10. The first-order chi connectivity index (χ1) is 14.8. The number of nitrogens with zero attached hydrogens (tertiary/aromatic N) is 2. The molecule has 2 rings (SSSR count). The Hall–Kier alpha value is -1.39. The fourth-order valence-corrected chi connectivity index (χ4v) is 3.91. The average molecular weight is 559 g/mol. The Labute approximate surface area is 211 Å². The Morgan fingerprint density at radius 2 is 1.84 bits per heavy atom. The Morgan fingerprint density at radius 1 is 1.19 bits per heavy atom. The molecule has 32 heavy (non-hydrogen) atoms. The minimum Gasteiger partial charge on any atom is -0.355 e. The van der Waals surface area contributed by atoms with Crippen molar-refractivity contribution in [2.45, 2.75) is 64.6 Å². The molecule has 0 spiro atoms. The predicted molar refractivity (Wildman–Crippen MR) is 145 cm³/mol. The molecular formula is C24H43IN6O. The van der Waals surface area contributed by atoms with Crippen molar-refractivity contribution in [3.05, 3.63) is 35.9 Å². The van der Waals surface area contributed by atoms with E-state index in [-0.39, 0.29) is 41.5 Å². The third kappa shape index (κ3) is 10.5. The Balaban J connectivity index is 0.00000512. The van der Waals surface area contributed by atoms with Gasteiger partial charge in [0.05, 0.1) is 6.54 Å². The number of hydrogen-bond donors (Lipinski definition) is 4. The van der Waals surface area contributed by atoms with Crippen LogP contribution in [0.3, 0.4) is 0 Å². The molecule has 1 fully saturated rings. The quantitative estimate of drug-likeness (QED) is 0.202. The van der Waals surface area contributed by atoms with E-state index < -0.39 is 0 Å². The van der Waals surface area contributed by atoms with Gasteiger partial charge in [0.25, 0.3) is 0 Å². The first-order valence-corrected chi connectivity index (χ1v) is 11.6. The normalized spacial score (nSPS) is 16.7. The van der Waals surface area contributed by atoms with Gasteiger partial charge < -0.3 is 21.3 Å². The third-order valence-corrected chi connectivity index (χ3v) is 5.70. The molecule has 8 heteroatoms. The number of nitrogens with one attached hydrogen (secondary N) is 4. The van der Waals surface area contributed by atoms with E-state index in [4.69, 9.17) is 0 Å². The molecule has 182 valence electrons. The Kier molecular flexibility index (Phi) is 13.2. The topological polar surface area (TPSA) is 80.8 Å². The van der Waals surface area contributed by atoms with Crippen LogP contribution in [0.15, 0.2) is 35.3 Å². The maximum atomic E-state index is 11.9. The summed E-state index contributed by atoms with van der Waals surface area (Å²) >= 11 is 0. The highest BCUT2D eigenvalue weighted by atomic mass is 127. The summed E-state index contributed by atoms with van der Waals surface area (Å²) in [5.41, 5.74) is 1.19. The highest BCUT2D eigenvalue weighted by Crippen LogP contribution is 2.16. The third-order valence-electron chi connectivity index (χ3n) is 5.70. The van der Waals surface area contributed by atoms with Crippen LogP contribution in [0.4, 0.5) is 0 Å². The van der Waals surface area contributed by atoms with E-state index in [2.05, 4.69) is 83.1 Å². The largest absolute Gasteiger partial charge is 0.355 e. The summed E-state index contributed by atoms with van der Waals surface area (Å²) in [5.74, 6) is 0.964. The smallest absolute Gasteiger partial charge is 0.234 e. The van der Waals surface area contributed by atoms with Crippen molar-refractivity contribution in [2.75, 3.05) is 39.8 Å². The maximum absolute atomic E-state index is 11.9. The minimum absolute atomic E-state index is 0. The fourth-order valence-electron chi connectivity index (χ4n) is 3.91. The highest BCUT2D eigenvalue weighted by molar-refractivity contribution is 14.0. The maximum Gasteiger partial charge on any atom is 0.234 e. The molecule has 1 saturated heterocycles. The van der Waals surface area contributed by atoms with Gasteiger partial charge in [0, 0.05) is 50.8 Å². The highest BCUT2D eigenvalue weighted by Gasteiger charge is 2.24. The monoisotopic (exact) mass is 558 g/mol. The molecule has 1 atom stereocenters. The summed E-state index contributed by atoms with van der Waals surface area (Å²) in [6.45, 7) is 12.5. The zero-order valence-electron chi connectivity index (χ0n) is 20.4. The molecule has 1 unspecified atom stereocenters. The summed E-state index contributed by atoms with van der Waals surface area (Å²) in [7, 11) is 1.82.